The van der Waals surface area contributed by atoms with Crippen LogP contribution >= 0.6 is 24.0 Å². The summed E-state index contributed by atoms with van der Waals surface area (Å²) in [6.45, 7) is 2.70. The molecule has 0 radical (unpaired) electrons. The van der Waals surface area contributed by atoms with Crippen LogP contribution in [0, 0.1) is 0 Å². The van der Waals surface area contributed by atoms with Gasteiger partial charge in [0.15, 0.2) is 5.96 Å². The van der Waals surface area contributed by atoms with Crippen LogP contribution in [-0.2, 0) is 24.3 Å². The zero-order valence-corrected chi connectivity index (χ0v) is 19.1. The Morgan fingerprint density at radius 3 is 2.55 bits per heavy atom. The molecule has 0 aromatic heterocycles. The van der Waals surface area contributed by atoms with Crippen LogP contribution in [-0.4, -0.2) is 37.0 Å². The van der Waals surface area contributed by atoms with Gasteiger partial charge in [-0.3, -0.25) is 4.79 Å². The minimum absolute atomic E-state index is 0. The number of nitrogens with two attached hydrogens (primary N) is 1. The number of nitrogens with zero attached hydrogens (tertiary/aromatic N) is 2. The second-order valence-corrected chi connectivity index (χ2v) is 6.91. The summed E-state index contributed by atoms with van der Waals surface area (Å²) in [4.78, 5) is 18.3. The molecule has 0 aliphatic carbocycles. The minimum Gasteiger partial charge on any atom is -0.497 e. The Balaban J connectivity index is 0.00000300. The van der Waals surface area contributed by atoms with Gasteiger partial charge >= 0.3 is 0 Å². The molecule has 6 nitrogen and oxygen atoms in total. The molecule has 1 aliphatic heterocycles. The molecule has 0 saturated carbocycles. The molecule has 0 bridgehead atoms. The van der Waals surface area contributed by atoms with Gasteiger partial charge in [-0.05, 0) is 41.7 Å². The smallest absolute Gasteiger partial charge is 0.222 e. The van der Waals surface area contributed by atoms with Crippen molar-refractivity contribution in [3.05, 3.63) is 65.2 Å². The quantitative estimate of drug-likeness (QED) is 0.327. The van der Waals surface area contributed by atoms with E-state index < -0.39 is 0 Å². The lowest BCUT2D eigenvalue weighted by atomic mass is 10.1. The SMILES string of the molecule is COc1ccc(CCNC(N)=NCc2ccccc2CN2CCCC2=O)cc1.I. The Labute approximate surface area is 189 Å². The van der Waals surface area contributed by atoms with Crippen molar-refractivity contribution in [2.75, 3.05) is 20.2 Å². The fourth-order valence-electron chi connectivity index (χ4n) is 3.30. The first kappa shape index (κ1) is 23.0. The van der Waals surface area contributed by atoms with Crippen LogP contribution in [0.5, 0.6) is 5.75 Å². The van der Waals surface area contributed by atoms with Crippen molar-refractivity contribution < 1.29 is 9.53 Å². The van der Waals surface area contributed by atoms with E-state index in [0.29, 0.717) is 32.0 Å². The lowest BCUT2D eigenvalue weighted by Crippen LogP contribution is -2.33. The number of ether oxygens (including phenoxy) is 1. The number of hydrogen-bond acceptors (Lipinski definition) is 3. The van der Waals surface area contributed by atoms with E-state index in [-0.39, 0.29) is 29.9 Å². The highest BCUT2D eigenvalue weighted by Crippen LogP contribution is 2.17. The number of carbonyl (C=O) groups is 1. The summed E-state index contributed by atoms with van der Waals surface area (Å²) in [5.74, 6) is 1.52. The number of nitrogens with one attached hydrogen (secondary N) is 1. The van der Waals surface area contributed by atoms with E-state index in [1.54, 1.807) is 7.11 Å². The molecule has 7 heteroatoms. The number of rotatable bonds is 8. The van der Waals surface area contributed by atoms with E-state index in [1.807, 2.05) is 47.4 Å². The highest BCUT2D eigenvalue weighted by molar-refractivity contribution is 14.0. The number of likely N-dealkylation sites (tertiary alicyclic amines) is 1. The Morgan fingerprint density at radius 2 is 1.90 bits per heavy atom. The zero-order chi connectivity index (χ0) is 19.8. The summed E-state index contributed by atoms with van der Waals surface area (Å²) in [7, 11) is 1.66. The van der Waals surface area contributed by atoms with Gasteiger partial charge in [0.25, 0.3) is 0 Å². The number of guanidine groups is 1. The maximum Gasteiger partial charge on any atom is 0.222 e. The highest BCUT2D eigenvalue weighted by Gasteiger charge is 2.20. The molecule has 1 fully saturated rings. The number of halogens is 1. The molecule has 0 unspecified atom stereocenters. The topological polar surface area (TPSA) is 80.0 Å². The number of amides is 1. The summed E-state index contributed by atoms with van der Waals surface area (Å²) in [5.41, 5.74) is 9.46. The summed E-state index contributed by atoms with van der Waals surface area (Å²) in [6.07, 6.45) is 2.46. The average molecular weight is 508 g/mol. The average Bonchev–Trinajstić information content (AvgIpc) is 3.12. The third kappa shape index (κ3) is 6.92. The number of benzene rings is 2. The zero-order valence-electron chi connectivity index (χ0n) is 16.8. The van der Waals surface area contributed by atoms with E-state index in [1.165, 1.54) is 5.56 Å². The molecule has 1 heterocycles. The number of methoxy groups -OCH3 is 1. The van der Waals surface area contributed by atoms with E-state index in [9.17, 15) is 4.79 Å². The van der Waals surface area contributed by atoms with E-state index in [4.69, 9.17) is 10.5 Å². The molecule has 0 atom stereocenters. The number of hydrogen-bond donors (Lipinski definition) is 2. The molecule has 1 saturated heterocycles. The monoisotopic (exact) mass is 508 g/mol. The Hall–Kier alpha value is -2.29. The first-order valence-electron chi connectivity index (χ1n) is 9.67. The molecule has 2 aromatic rings. The van der Waals surface area contributed by atoms with Gasteiger partial charge < -0.3 is 20.7 Å². The van der Waals surface area contributed by atoms with Crippen molar-refractivity contribution in [3.8, 4) is 5.75 Å². The van der Waals surface area contributed by atoms with E-state index in [2.05, 4.69) is 16.4 Å². The van der Waals surface area contributed by atoms with Gasteiger partial charge in [0, 0.05) is 26.1 Å². The van der Waals surface area contributed by atoms with Crippen LogP contribution in [0.15, 0.2) is 53.5 Å². The lowest BCUT2D eigenvalue weighted by Gasteiger charge is -2.17. The highest BCUT2D eigenvalue weighted by atomic mass is 127. The van der Waals surface area contributed by atoms with Crippen molar-refractivity contribution in [2.24, 2.45) is 10.7 Å². The van der Waals surface area contributed by atoms with Gasteiger partial charge in [-0.2, -0.15) is 0 Å². The minimum atomic E-state index is 0. The Bertz CT molecular complexity index is 824. The first-order valence-corrected chi connectivity index (χ1v) is 9.67. The van der Waals surface area contributed by atoms with Crippen LogP contribution in [0.4, 0.5) is 0 Å². The van der Waals surface area contributed by atoms with E-state index in [0.717, 1.165) is 36.3 Å². The van der Waals surface area contributed by atoms with Gasteiger partial charge in [0.2, 0.25) is 5.91 Å². The summed E-state index contributed by atoms with van der Waals surface area (Å²) < 4.78 is 5.17. The summed E-state index contributed by atoms with van der Waals surface area (Å²) in [6, 6.07) is 16.1. The van der Waals surface area contributed by atoms with Crippen molar-refractivity contribution in [1.82, 2.24) is 10.2 Å². The van der Waals surface area contributed by atoms with Gasteiger partial charge in [-0.15, -0.1) is 24.0 Å². The standard InChI is InChI=1S/C22H28N4O2.HI/c1-28-20-10-8-17(9-11-20)12-13-24-22(23)25-15-18-5-2-3-6-19(18)16-26-14-4-7-21(26)27;/h2-3,5-6,8-11H,4,7,12-16H2,1H3,(H3,23,24,25);1H. The maximum absolute atomic E-state index is 11.9. The van der Waals surface area contributed by atoms with Crippen molar-refractivity contribution in [3.63, 3.8) is 0 Å². The van der Waals surface area contributed by atoms with Crippen LogP contribution in [0.25, 0.3) is 0 Å². The fourth-order valence-corrected chi connectivity index (χ4v) is 3.30. The first-order chi connectivity index (χ1) is 13.7. The van der Waals surface area contributed by atoms with Crippen molar-refractivity contribution in [1.29, 1.82) is 0 Å². The molecule has 3 N–H and O–H groups in total. The molecule has 156 valence electrons. The molecule has 1 amide bonds. The van der Waals surface area contributed by atoms with Crippen molar-refractivity contribution >= 4 is 35.8 Å². The van der Waals surface area contributed by atoms with E-state index >= 15 is 0 Å². The normalized spacial score (nSPS) is 13.9. The molecule has 1 aliphatic rings. The summed E-state index contributed by atoms with van der Waals surface area (Å²) in [5, 5.41) is 3.16. The van der Waals surface area contributed by atoms with Gasteiger partial charge in [-0.1, -0.05) is 36.4 Å². The molecule has 3 rings (SSSR count). The van der Waals surface area contributed by atoms with Crippen molar-refractivity contribution in [2.45, 2.75) is 32.4 Å². The molecular weight excluding hydrogens is 479 g/mol. The van der Waals surface area contributed by atoms with Gasteiger partial charge in [0.1, 0.15) is 5.75 Å². The predicted molar refractivity (Wildman–Crippen MR) is 127 cm³/mol. The predicted octanol–water partition coefficient (Wildman–Crippen LogP) is 3.08. The summed E-state index contributed by atoms with van der Waals surface area (Å²) >= 11 is 0. The lowest BCUT2D eigenvalue weighted by molar-refractivity contribution is -0.128. The number of aliphatic imine (C=N–C) groups is 1. The second kappa shape index (κ2) is 11.6. The molecule has 29 heavy (non-hydrogen) atoms. The van der Waals surface area contributed by atoms with Gasteiger partial charge in [0.05, 0.1) is 13.7 Å². The van der Waals surface area contributed by atoms with Crippen LogP contribution < -0.4 is 15.8 Å². The van der Waals surface area contributed by atoms with Crippen LogP contribution in [0.2, 0.25) is 0 Å². The molecular formula is C22H29IN4O2. The number of carbonyl (C=O) groups excluding carboxylic acids is 1. The Kier molecular flexibility index (Phi) is 9.24. The largest absolute Gasteiger partial charge is 0.497 e. The molecule has 2 aromatic carbocycles. The van der Waals surface area contributed by atoms with Gasteiger partial charge in [-0.25, -0.2) is 4.99 Å². The van der Waals surface area contributed by atoms with Crippen LogP contribution in [0.1, 0.15) is 29.5 Å². The maximum atomic E-state index is 11.9. The second-order valence-electron chi connectivity index (χ2n) is 6.91. The third-order valence-electron chi connectivity index (χ3n) is 4.95. The fraction of sp³-hybridized carbons (Fsp3) is 0.364. The van der Waals surface area contributed by atoms with Crippen LogP contribution in [0.3, 0.4) is 0 Å². The Morgan fingerprint density at radius 1 is 1.17 bits per heavy atom. The molecule has 0 spiro atoms. The third-order valence-corrected chi connectivity index (χ3v) is 4.95.